The summed E-state index contributed by atoms with van der Waals surface area (Å²) in [5, 5.41) is 4.53. The van der Waals surface area contributed by atoms with Crippen LogP contribution < -0.4 is 0 Å². The van der Waals surface area contributed by atoms with Crippen molar-refractivity contribution in [1.29, 1.82) is 0 Å². The summed E-state index contributed by atoms with van der Waals surface area (Å²) in [7, 11) is 1.74. The van der Waals surface area contributed by atoms with Gasteiger partial charge in [-0.15, -0.1) is 0 Å². The van der Waals surface area contributed by atoms with Crippen molar-refractivity contribution in [3.63, 3.8) is 0 Å². The molecule has 2 aromatic heterocycles. The molecule has 2 aromatic rings. The van der Waals surface area contributed by atoms with Gasteiger partial charge >= 0.3 is 0 Å². The zero-order valence-electron chi connectivity index (χ0n) is 9.13. The van der Waals surface area contributed by atoms with Gasteiger partial charge < -0.3 is 4.74 Å². The first-order chi connectivity index (χ1) is 7.88. The van der Waals surface area contributed by atoms with Crippen LogP contribution in [-0.2, 0) is 11.3 Å². The summed E-state index contributed by atoms with van der Waals surface area (Å²) in [6.45, 7) is 0.931. The first kappa shape index (κ1) is 9.54. The van der Waals surface area contributed by atoms with Gasteiger partial charge in [0.05, 0.1) is 11.4 Å². The number of aryl methyl sites for hydroxylation is 1. The Labute approximate surface area is 93.9 Å². The summed E-state index contributed by atoms with van der Waals surface area (Å²) in [6, 6.07) is 7.93. The van der Waals surface area contributed by atoms with Gasteiger partial charge in [0.1, 0.15) is 11.8 Å². The molecule has 1 unspecified atom stereocenters. The van der Waals surface area contributed by atoms with Crippen LogP contribution in [0.15, 0.2) is 30.5 Å². The fourth-order valence-electron chi connectivity index (χ4n) is 2.13. The molecule has 1 aliphatic rings. The molecule has 4 heteroatoms. The summed E-state index contributed by atoms with van der Waals surface area (Å²) in [5.41, 5.74) is 3.00. The van der Waals surface area contributed by atoms with Crippen molar-refractivity contribution in [1.82, 2.24) is 14.8 Å². The lowest BCUT2D eigenvalue weighted by Gasteiger charge is -2.04. The number of aromatic nitrogens is 3. The molecule has 0 N–H and O–H groups in total. The van der Waals surface area contributed by atoms with Crippen molar-refractivity contribution in [3.8, 4) is 11.4 Å². The molecule has 0 radical (unpaired) electrons. The predicted octanol–water partition coefficient (Wildman–Crippen LogP) is 2.04. The molecule has 1 atom stereocenters. The molecule has 0 amide bonds. The molecule has 0 saturated heterocycles. The molecular formula is C12H13N3O. The van der Waals surface area contributed by atoms with E-state index < -0.39 is 0 Å². The third-order valence-electron chi connectivity index (χ3n) is 2.96. The zero-order chi connectivity index (χ0) is 11.0. The molecule has 3 rings (SSSR count). The summed E-state index contributed by atoms with van der Waals surface area (Å²) >= 11 is 0. The maximum absolute atomic E-state index is 5.41. The number of ether oxygens (including phenoxy) is 1. The van der Waals surface area contributed by atoms with E-state index in [1.54, 1.807) is 13.3 Å². The van der Waals surface area contributed by atoms with Crippen LogP contribution in [0.2, 0.25) is 0 Å². The highest BCUT2D eigenvalue weighted by Gasteiger charge is 2.24. The van der Waals surface area contributed by atoms with Crippen LogP contribution in [0.25, 0.3) is 11.4 Å². The van der Waals surface area contributed by atoms with E-state index in [1.165, 1.54) is 0 Å². The minimum atomic E-state index is 0.185. The van der Waals surface area contributed by atoms with Gasteiger partial charge in [-0.25, -0.2) is 0 Å². The van der Waals surface area contributed by atoms with E-state index >= 15 is 0 Å². The third-order valence-corrected chi connectivity index (χ3v) is 2.96. The standard InChI is InChI=1S/C12H13N3O/c1-16-12-5-7-15-11(12)8-10(14-15)9-4-2-3-6-13-9/h2-4,6,8,12H,5,7H2,1H3. The Balaban J connectivity index is 2.00. The predicted molar refractivity (Wildman–Crippen MR) is 59.8 cm³/mol. The summed E-state index contributed by atoms with van der Waals surface area (Å²) in [5.74, 6) is 0. The lowest BCUT2D eigenvalue weighted by atomic mass is 10.2. The average Bonchev–Trinajstić information content (AvgIpc) is 2.89. The first-order valence-electron chi connectivity index (χ1n) is 5.40. The number of nitrogens with zero attached hydrogens (tertiary/aromatic N) is 3. The molecule has 0 spiro atoms. The lowest BCUT2D eigenvalue weighted by Crippen LogP contribution is -1.96. The van der Waals surface area contributed by atoms with Crippen LogP contribution in [0.5, 0.6) is 0 Å². The van der Waals surface area contributed by atoms with Crippen molar-refractivity contribution < 1.29 is 4.74 Å². The number of hydrogen-bond donors (Lipinski definition) is 0. The number of hydrogen-bond acceptors (Lipinski definition) is 3. The second kappa shape index (κ2) is 3.72. The van der Waals surface area contributed by atoms with Gasteiger partial charge in [0, 0.05) is 19.9 Å². The van der Waals surface area contributed by atoms with Crippen molar-refractivity contribution in [3.05, 3.63) is 36.2 Å². The van der Waals surface area contributed by atoms with E-state index in [2.05, 4.69) is 16.1 Å². The Kier molecular flexibility index (Phi) is 2.22. The molecule has 4 nitrogen and oxygen atoms in total. The Bertz CT molecular complexity index is 492. The maximum atomic E-state index is 5.41. The molecule has 1 aliphatic heterocycles. The number of methoxy groups -OCH3 is 1. The molecule has 0 aliphatic carbocycles. The molecule has 0 bridgehead atoms. The Morgan fingerprint density at radius 2 is 2.31 bits per heavy atom. The first-order valence-corrected chi connectivity index (χ1v) is 5.40. The average molecular weight is 215 g/mol. The fraction of sp³-hybridized carbons (Fsp3) is 0.333. The molecule has 82 valence electrons. The van der Waals surface area contributed by atoms with Gasteiger partial charge in [-0.2, -0.15) is 5.10 Å². The second-order valence-corrected chi connectivity index (χ2v) is 3.91. The Hall–Kier alpha value is -1.68. The minimum Gasteiger partial charge on any atom is -0.375 e. The van der Waals surface area contributed by atoms with E-state index in [0.29, 0.717) is 0 Å². The van der Waals surface area contributed by atoms with Crippen molar-refractivity contribution >= 4 is 0 Å². The van der Waals surface area contributed by atoms with Crippen LogP contribution in [-0.4, -0.2) is 21.9 Å². The number of fused-ring (bicyclic) bond motifs is 1. The minimum absolute atomic E-state index is 0.185. The quantitative estimate of drug-likeness (QED) is 0.769. The third kappa shape index (κ3) is 1.42. The van der Waals surface area contributed by atoms with Crippen LogP contribution in [0, 0.1) is 0 Å². The Morgan fingerprint density at radius 1 is 1.38 bits per heavy atom. The SMILES string of the molecule is COC1CCn2nc(-c3ccccn3)cc21. The monoisotopic (exact) mass is 215 g/mol. The molecule has 16 heavy (non-hydrogen) atoms. The van der Waals surface area contributed by atoms with E-state index in [-0.39, 0.29) is 6.10 Å². The van der Waals surface area contributed by atoms with E-state index in [1.807, 2.05) is 22.9 Å². The Morgan fingerprint density at radius 3 is 3.06 bits per heavy atom. The van der Waals surface area contributed by atoms with Crippen molar-refractivity contribution in [2.24, 2.45) is 0 Å². The fourth-order valence-corrected chi connectivity index (χ4v) is 2.13. The zero-order valence-corrected chi connectivity index (χ0v) is 9.13. The highest BCUT2D eigenvalue weighted by atomic mass is 16.5. The smallest absolute Gasteiger partial charge is 0.111 e. The highest BCUT2D eigenvalue weighted by molar-refractivity contribution is 5.54. The van der Waals surface area contributed by atoms with Gasteiger partial charge in [0.25, 0.3) is 0 Å². The van der Waals surface area contributed by atoms with Gasteiger partial charge in [0.15, 0.2) is 0 Å². The molecule has 3 heterocycles. The highest BCUT2D eigenvalue weighted by Crippen LogP contribution is 2.30. The van der Waals surface area contributed by atoms with Gasteiger partial charge in [-0.05, 0) is 24.6 Å². The number of rotatable bonds is 2. The number of pyridine rings is 1. The lowest BCUT2D eigenvalue weighted by molar-refractivity contribution is 0.105. The van der Waals surface area contributed by atoms with Crippen LogP contribution in [0.3, 0.4) is 0 Å². The summed E-state index contributed by atoms with van der Waals surface area (Å²) in [4.78, 5) is 4.30. The van der Waals surface area contributed by atoms with Crippen molar-refractivity contribution in [2.75, 3.05) is 7.11 Å². The molecule has 0 saturated carbocycles. The second-order valence-electron chi connectivity index (χ2n) is 3.91. The topological polar surface area (TPSA) is 39.9 Å². The molecule has 0 fully saturated rings. The van der Waals surface area contributed by atoms with Crippen LogP contribution >= 0.6 is 0 Å². The maximum Gasteiger partial charge on any atom is 0.111 e. The van der Waals surface area contributed by atoms with E-state index in [4.69, 9.17) is 4.74 Å². The summed E-state index contributed by atoms with van der Waals surface area (Å²) in [6.07, 6.45) is 2.99. The van der Waals surface area contributed by atoms with E-state index in [9.17, 15) is 0 Å². The van der Waals surface area contributed by atoms with E-state index in [0.717, 1.165) is 30.0 Å². The van der Waals surface area contributed by atoms with Gasteiger partial charge in [0.2, 0.25) is 0 Å². The van der Waals surface area contributed by atoms with Crippen LogP contribution in [0.1, 0.15) is 18.2 Å². The normalized spacial score (nSPS) is 18.7. The van der Waals surface area contributed by atoms with Crippen molar-refractivity contribution in [2.45, 2.75) is 19.1 Å². The summed E-state index contributed by atoms with van der Waals surface area (Å²) < 4.78 is 7.42. The van der Waals surface area contributed by atoms with Crippen LogP contribution in [0.4, 0.5) is 0 Å². The van der Waals surface area contributed by atoms with Gasteiger partial charge in [-0.1, -0.05) is 6.07 Å². The largest absolute Gasteiger partial charge is 0.375 e. The molecular weight excluding hydrogens is 202 g/mol. The molecule has 0 aromatic carbocycles. The van der Waals surface area contributed by atoms with Gasteiger partial charge in [-0.3, -0.25) is 9.67 Å².